The zero-order chi connectivity index (χ0) is 14.0. The molecule has 0 saturated heterocycles. The second-order valence-corrected chi connectivity index (χ2v) is 4.69. The van der Waals surface area contributed by atoms with Gasteiger partial charge in [-0.15, -0.1) is 0 Å². The molecule has 0 aliphatic heterocycles. The molecule has 0 bridgehead atoms. The second-order valence-electron chi connectivity index (χ2n) is 3.91. The highest BCUT2D eigenvalue weighted by atomic mass is 32.1. The Morgan fingerprint density at radius 1 is 1.37 bits per heavy atom. The lowest BCUT2D eigenvalue weighted by atomic mass is 9.91. The van der Waals surface area contributed by atoms with E-state index >= 15 is 0 Å². The number of hydrogen-bond donors (Lipinski definition) is 3. The Kier molecular flexibility index (Phi) is 3.62. The molecule has 0 radical (unpaired) electrons. The lowest BCUT2D eigenvalue weighted by Gasteiger charge is -2.17. The van der Waals surface area contributed by atoms with Gasteiger partial charge in [-0.3, -0.25) is 4.79 Å². The number of carboxylic acids is 1. The van der Waals surface area contributed by atoms with Crippen molar-refractivity contribution < 1.29 is 24.9 Å². The summed E-state index contributed by atoms with van der Waals surface area (Å²) >= 11 is 1.37. The van der Waals surface area contributed by atoms with Crippen LogP contribution in [0, 0.1) is 0 Å². The molecule has 1 aromatic heterocycles. The molecule has 6 heteroatoms. The molecule has 0 fully saturated rings. The molecule has 0 amide bonds. The average Bonchev–Trinajstić information content (AvgIpc) is 2.85. The number of hydrogen-bond acceptors (Lipinski definition) is 5. The van der Waals surface area contributed by atoms with Crippen LogP contribution in [0.25, 0.3) is 0 Å². The monoisotopic (exact) mass is 280 g/mol. The van der Waals surface area contributed by atoms with Crippen LogP contribution in [0.5, 0.6) is 17.2 Å². The number of phenolic OH excluding ortho intramolecular Hbond substituents is 2. The van der Waals surface area contributed by atoms with Gasteiger partial charge in [0.15, 0.2) is 0 Å². The lowest BCUT2D eigenvalue weighted by molar-refractivity contribution is -0.137. The van der Waals surface area contributed by atoms with Crippen molar-refractivity contribution in [3.63, 3.8) is 0 Å². The van der Waals surface area contributed by atoms with Crippen LogP contribution in [0.4, 0.5) is 0 Å². The van der Waals surface area contributed by atoms with E-state index in [0.29, 0.717) is 5.56 Å². The number of thiophene rings is 1. The molecule has 3 N–H and O–H groups in total. The zero-order valence-electron chi connectivity index (χ0n) is 10.0. The van der Waals surface area contributed by atoms with E-state index in [-0.39, 0.29) is 22.8 Å². The van der Waals surface area contributed by atoms with Gasteiger partial charge in [0.25, 0.3) is 0 Å². The summed E-state index contributed by atoms with van der Waals surface area (Å²) in [6.45, 7) is 0. The highest BCUT2D eigenvalue weighted by Crippen LogP contribution is 2.41. The number of carbonyl (C=O) groups is 1. The molecule has 19 heavy (non-hydrogen) atoms. The molecule has 0 spiro atoms. The third kappa shape index (κ3) is 2.48. The van der Waals surface area contributed by atoms with Gasteiger partial charge in [-0.1, -0.05) is 0 Å². The number of ether oxygens (including phenoxy) is 1. The van der Waals surface area contributed by atoms with Gasteiger partial charge in [-0.05, 0) is 22.4 Å². The molecule has 2 aromatic rings. The van der Waals surface area contributed by atoms with Crippen molar-refractivity contribution in [2.75, 3.05) is 7.11 Å². The predicted molar refractivity (Wildman–Crippen MR) is 70.1 cm³/mol. The van der Waals surface area contributed by atoms with Crippen LogP contribution in [0.2, 0.25) is 0 Å². The molecule has 0 aliphatic carbocycles. The normalized spacial score (nSPS) is 12.1. The van der Waals surface area contributed by atoms with E-state index in [0.717, 1.165) is 6.07 Å². The van der Waals surface area contributed by atoms with Crippen LogP contribution in [0.15, 0.2) is 29.0 Å². The Morgan fingerprint density at radius 2 is 2.11 bits per heavy atom. The Morgan fingerprint density at radius 3 is 2.63 bits per heavy atom. The van der Waals surface area contributed by atoms with E-state index in [2.05, 4.69) is 0 Å². The molecule has 100 valence electrons. The third-order valence-electron chi connectivity index (χ3n) is 2.74. The Balaban J connectivity index is 2.63. The zero-order valence-corrected chi connectivity index (χ0v) is 10.8. The average molecular weight is 280 g/mol. The fourth-order valence-electron chi connectivity index (χ4n) is 1.93. The largest absolute Gasteiger partial charge is 0.508 e. The van der Waals surface area contributed by atoms with E-state index in [9.17, 15) is 20.1 Å². The van der Waals surface area contributed by atoms with Gasteiger partial charge in [0, 0.05) is 12.1 Å². The van der Waals surface area contributed by atoms with Crippen molar-refractivity contribution >= 4 is 17.3 Å². The van der Waals surface area contributed by atoms with Gasteiger partial charge in [0.2, 0.25) is 0 Å². The first-order valence-corrected chi connectivity index (χ1v) is 6.33. The topological polar surface area (TPSA) is 87.0 Å². The van der Waals surface area contributed by atoms with E-state index in [4.69, 9.17) is 4.74 Å². The number of methoxy groups -OCH3 is 1. The molecule has 0 saturated carbocycles. The maximum Gasteiger partial charge on any atom is 0.315 e. The van der Waals surface area contributed by atoms with Crippen molar-refractivity contribution in [2.24, 2.45) is 0 Å². The summed E-state index contributed by atoms with van der Waals surface area (Å²) in [6.07, 6.45) is 0. The van der Waals surface area contributed by atoms with E-state index in [1.807, 2.05) is 0 Å². The quantitative estimate of drug-likeness (QED) is 0.800. The highest BCUT2D eigenvalue weighted by molar-refractivity contribution is 7.08. The molecular weight excluding hydrogens is 268 g/mol. The summed E-state index contributed by atoms with van der Waals surface area (Å²) in [5.41, 5.74) is 0.683. The molecule has 5 nitrogen and oxygen atoms in total. The first-order valence-electron chi connectivity index (χ1n) is 5.39. The van der Waals surface area contributed by atoms with Gasteiger partial charge in [0.05, 0.1) is 12.7 Å². The number of rotatable bonds is 4. The molecule has 1 unspecified atom stereocenters. The minimum Gasteiger partial charge on any atom is -0.508 e. The maximum absolute atomic E-state index is 11.5. The second kappa shape index (κ2) is 5.19. The fourth-order valence-corrected chi connectivity index (χ4v) is 2.61. The maximum atomic E-state index is 11.5. The number of carboxylic acid groups (broad SMARTS) is 1. The van der Waals surface area contributed by atoms with E-state index < -0.39 is 11.9 Å². The first kappa shape index (κ1) is 13.2. The number of phenols is 2. The number of aromatic hydroxyl groups is 2. The summed E-state index contributed by atoms with van der Waals surface area (Å²) in [4.78, 5) is 11.5. The molecule has 2 rings (SSSR count). The molecular formula is C13H12O5S. The minimum atomic E-state index is -1.10. The van der Waals surface area contributed by atoms with Crippen molar-refractivity contribution in [3.05, 3.63) is 40.1 Å². The Bertz CT molecular complexity index is 591. The summed E-state index contributed by atoms with van der Waals surface area (Å²) in [5, 5.41) is 32.2. The SMILES string of the molecule is COc1cc(O)cc(O)c1C(C(=O)O)c1ccsc1. The van der Waals surface area contributed by atoms with Gasteiger partial charge in [0.1, 0.15) is 23.2 Å². The van der Waals surface area contributed by atoms with Crippen LogP contribution in [-0.2, 0) is 4.79 Å². The van der Waals surface area contributed by atoms with E-state index in [1.54, 1.807) is 16.8 Å². The molecule has 1 atom stereocenters. The number of benzene rings is 1. The lowest BCUT2D eigenvalue weighted by Crippen LogP contribution is -2.13. The van der Waals surface area contributed by atoms with E-state index in [1.165, 1.54) is 24.5 Å². The molecule has 1 heterocycles. The standard InChI is InChI=1S/C13H12O5S/c1-18-10-5-8(14)4-9(15)12(10)11(13(16)17)7-2-3-19-6-7/h2-6,11,14-15H,1H3,(H,16,17). The van der Waals surface area contributed by atoms with Gasteiger partial charge in [-0.25, -0.2) is 0 Å². The van der Waals surface area contributed by atoms with Crippen LogP contribution in [0.3, 0.4) is 0 Å². The van der Waals surface area contributed by atoms with Gasteiger partial charge < -0.3 is 20.1 Å². The van der Waals surface area contributed by atoms with Crippen molar-refractivity contribution in [3.8, 4) is 17.2 Å². The summed E-state index contributed by atoms with van der Waals surface area (Å²) in [5.74, 6) is -2.50. The summed E-state index contributed by atoms with van der Waals surface area (Å²) in [6, 6.07) is 4.05. The smallest absolute Gasteiger partial charge is 0.315 e. The van der Waals surface area contributed by atoms with Crippen molar-refractivity contribution in [1.82, 2.24) is 0 Å². The van der Waals surface area contributed by atoms with Crippen molar-refractivity contribution in [1.29, 1.82) is 0 Å². The van der Waals surface area contributed by atoms with Gasteiger partial charge in [-0.2, -0.15) is 11.3 Å². The summed E-state index contributed by atoms with van der Waals surface area (Å²) in [7, 11) is 1.35. The van der Waals surface area contributed by atoms with Gasteiger partial charge >= 0.3 is 5.97 Å². The number of aliphatic carboxylic acids is 1. The summed E-state index contributed by atoms with van der Waals surface area (Å²) < 4.78 is 5.06. The highest BCUT2D eigenvalue weighted by Gasteiger charge is 2.29. The fraction of sp³-hybridized carbons (Fsp3) is 0.154. The predicted octanol–water partition coefficient (Wildman–Crippen LogP) is 2.38. The molecule has 1 aromatic carbocycles. The van der Waals surface area contributed by atoms with Crippen LogP contribution < -0.4 is 4.74 Å². The van der Waals surface area contributed by atoms with Crippen LogP contribution >= 0.6 is 11.3 Å². The Labute approximate surface area is 113 Å². The minimum absolute atomic E-state index is 0.131. The Hall–Kier alpha value is -2.21. The van der Waals surface area contributed by atoms with Crippen LogP contribution in [-0.4, -0.2) is 28.4 Å². The van der Waals surface area contributed by atoms with Crippen LogP contribution in [0.1, 0.15) is 17.0 Å². The first-order chi connectivity index (χ1) is 9.04. The molecule has 0 aliphatic rings. The van der Waals surface area contributed by atoms with Crippen molar-refractivity contribution in [2.45, 2.75) is 5.92 Å². The third-order valence-corrected chi connectivity index (χ3v) is 3.44.